The van der Waals surface area contributed by atoms with Crippen LogP contribution in [-0.4, -0.2) is 21.4 Å². The molecule has 1 aromatic heterocycles. The predicted molar refractivity (Wildman–Crippen MR) is 74.5 cm³/mol. The molecule has 2 rings (SSSR count). The van der Waals surface area contributed by atoms with Crippen molar-refractivity contribution in [2.45, 2.75) is 33.0 Å². The molecule has 2 aromatic rings. The lowest BCUT2D eigenvalue weighted by Gasteiger charge is -2.20. The van der Waals surface area contributed by atoms with Crippen LogP contribution in [0.2, 0.25) is 5.02 Å². The number of carbonyl (C=O) groups is 1. The second-order valence-corrected chi connectivity index (χ2v) is 5.69. The predicted octanol–water partition coefficient (Wildman–Crippen LogP) is 3.57. The molecule has 0 amide bonds. The summed E-state index contributed by atoms with van der Waals surface area (Å²) in [6, 6.07) is 7.06. The van der Waals surface area contributed by atoms with Crippen LogP contribution in [0.25, 0.3) is 10.9 Å². The Kier molecular flexibility index (Phi) is 3.56. The first-order chi connectivity index (χ1) is 8.83. The molecule has 0 saturated heterocycles. The maximum absolute atomic E-state index is 12.2. The van der Waals surface area contributed by atoms with Gasteiger partial charge in [-0.2, -0.15) is 0 Å². The van der Waals surface area contributed by atoms with Crippen LogP contribution < -0.4 is 0 Å². The molecular formula is C14H16ClNO3. The van der Waals surface area contributed by atoms with Gasteiger partial charge in [0.25, 0.3) is 0 Å². The molecule has 5 heteroatoms. The van der Waals surface area contributed by atoms with E-state index in [9.17, 15) is 9.90 Å². The first-order valence-corrected chi connectivity index (χ1v) is 6.34. The van der Waals surface area contributed by atoms with E-state index < -0.39 is 11.7 Å². The Morgan fingerprint density at radius 1 is 1.42 bits per heavy atom. The van der Waals surface area contributed by atoms with Gasteiger partial charge in [0.05, 0.1) is 22.8 Å². The Morgan fingerprint density at radius 3 is 2.68 bits per heavy atom. The van der Waals surface area contributed by atoms with Gasteiger partial charge in [-0.1, -0.05) is 23.7 Å². The Labute approximate surface area is 116 Å². The number of fused-ring (bicyclic) bond motifs is 1. The molecule has 0 aliphatic heterocycles. The second-order valence-electron chi connectivity index (χ2n) is 5.29. The fourth-order valence-electron chi connectivity index (χ4n) is 1.90. The van der Waals surface area contributed by atoms with E-state index in [0.29, 0.717) is 16.2 Å². The number of aliphatic hydroxyl groups excluding tert-OH is 1. The molecule has 0 aliphatic carbocycles. The fourth-order valence-corrected chi connectivity index (χ4v) is 2.17. The van der Waals surface area contributed by atoms with Gasteiger partial charge in [-0.05, 0) is 32.9 Å². The minimum absolute atomic E-state index is 0.260. The van der Waals surface area contributed by atoms with E-state index in [-0.39, 0.29) is 6.61 Å². The van der Waals surface area contributed by atoms with Crippen LogP contribution in [0.15, 0.2) is 24.3 Å². The molecule has 0 bridgehead atoms. The fraction of sp³-hybridized carbons (Fsp3) is 0.357. The molecule has 1 heterocycles. The van der Waals surface area contributed by atoms with Gasteiger partial charge in [0.15, 0.2) is 0 Å². The van der Waals surface area contributed by atoms with Crippen molar-refractivity contribution in [1.82, 2.24) is 4.57 Å². The third kappa shape index (κ3) is 2.74. The highest BCUT2D eigenvalue weighted by Gasteiger charge is 2.22. The van der Waals surface area contributed by atoms with Crippen molar-refractivity contribution in [3.63, 3.8) is 0 Å². The van der Waals surface area contributed by atoms with Crippen LogP contribution in [0.3, 0.4) is 0 Å². The number of hydrogen-bond donors (Lipinski definition) is 1. The van der Waals surface area contributed by atoms with Gasteiger partial charge >= 0.3 is 6.09 Å². The zero-order chi connectivity index (χ0) is 14.2. The zero-order valence-electron chi connectivity index (χ0n) is 11.1. The molecule has 4 nitrogen and oxygen atoms in total. The molecular weight excluding hydrogens is 266 g/mol. The maximum atomic E-state index is 12.2. The first kappa shape index (κ1) is 13.9. The summed E-state index contributed by atoms with van der Waals surface area (Å²) in [5.41, 5.74) is 0.404. The summed E-state index contributed by atoms with van der Waals surface area (Å²) in [6.45, 7) is 5.11. The lowest BCUT2D eigenvalue weighted by molar-refractivity contribution is 0.0533. The average Bonchev–Trinajstić information content (AvgIpc) is 2.66. The van der Waals surface area contributed by atoms with Gasteiger partial charge in [-0.25, -0.2) is 9.36 Å². The topological polar surface area (TPSA) is 51.5 Å². The van der Waals surface area contributed by atoms with E-state index in [0.717, 1.165) is 5.39 Å². The Bertz CT molecular complexity index is 625. The molecule has 0 fully saturated rings. The second kappa shape index (κ2) is 4.87. The highest BCUT2D eigenvalue weighted by Crippen LogP contribution is 2.28. The first-order valence-electron chi connectivity index (χ1n) is 5.96. The van der Waals surface area contributed by atoms with Gasteiger partial charge in [-0.15, -0.1) is 0 Å². The van der Waals surface area contributed by atoms with Crippen LogP contribution in [0.1, 0.15) is 26.5 Å². The van der Waals surface area contributed by atoms with Crippen molar-refractivity contribution >= 4 is 28.6 Å². The quantitative estimate of drug-likeness (QED) is 0.869. The number of ether oxygens (including phenoxy) is 1. The molecule has 1 N–H and O–H groups in total. The van der Waals surface area contributed by atoms with Crippen molar-refractivity contribution in [3.05, 3.63) is 35.0 Å². The van der Waals surface area contributed by atoms with Gasteiger partial charge in [-0.3, -0.25) is 0 Å². The molecule has 0 aliphatic rings. The molecule has 0 spiro atoms. The smallest absolute Gasteiger partial charge is 0.419 e. The van der Waals surface area contributed by atoms with Crippen LogP contribution in [0.5, 0.6) is 0 Å². The minimum Gasteiger partial charge on any atom is -0.443 e. The number of carbonyl (C=O) groups excluding carboxylic acids is 1. The van der Waals surface area contributed by atoms with E-state index >= 15 is 0 Å². The van der Waals surface area contributed by atoms with E-state index in [1.54, 1.807) is 39.0 Å². The molecule has 0 radical (unpaired) electrons. The van der Waals surface area contributed by atoms with Crippen LogP contribution in [0.4, 0.5) is 4.79 Å². The molecule has 0 atom stereocenters. The minimum atomic E-state index is -0.609. The highest BCUT2D eigenvalue weighted by atomic mass is 35.5. The number of para-hydroxylation sites is 1. The summed E-state index contributed by atoms with van der Waals surface area (Å²) in [5.74, 6) is 0. The third-order valence-electron chi connectivity index (χ3n) is 2.59. The third-order valence-corrected chi connectivity index (χ3v) is 2.89. The van der Waals surface area contributed by atoms with Gasteiger partial charge in [0.2, 0.25) is 0 Å². The summed E-state index contributed by atoms with van der Waals surface area (Å²) >= 11 is 6.14. The normalized spacial score (nSPS) is 11.8. The Balaban J connectivity index is 2.60. The molecule has 0 saturated carbocycles. The summed E-state index contributed by atoms with van der Waals surface area (Å²) < 4.78 is 6.66. The van der Waals surface area contributed by atoms with Crippen molar-refractivity contribution < 1.29 is 14.6 Å². The van der Waals surface area contributed by atoms with Gasteiger partial charge < -0.3 is 9.84 Å². The van der Waals surface area contributed by atoms with Crippen molar-refractivity contribution in [2.75, 3.05) is 0 Å². The number of aromatic nitrogens is 1. The largest absolute Gasteiger partial charge is 0.443 e. The van der Waals surface area contributed by atoms with Crippen molar-refractivity contribution in [1.29, 1.82) is 0 Å². The number of halogens is 1. The van der Waals surface area contributed by atoms with Crippen molar-refractivity contribution in [3.8, 4) is 0 Å². The lowest BCUT2D eigenvalue weighted by atomic mass is 10.2. The Morgan fingerprint density at radius 2 is 2.11 bits per heavy atom. The van der Waals surface area contributed by atoms with E-state index in [1.807, 2.05) is 6.07 Å². The summed E-state index contributed by atoms with van der Waals surface area (Å²) in [5, 5.41) is 10.6. The van der Waals surface area contributed by atoms with Gasteiger partial charge in [0, 0.05) is 5.39 Å². The van der Waals surface area contributed by atoms with E-state index in [1.165, 1.54) is 4.57 Å². The molecule has 102 valence electrons. The summed E-state index contributed by atoms with van der Waals surface area (Å²) in [7, 11) is 0. The Hall–Kier alpha value is -1.52. The lowest BCUT2D eigenvalue weighted by Crippen LogP contribution is -2.28. The maximum Gasteiger partial charge on any atom is 0.419 e. The number of rotatable bonds is 1. The number of nitrogens with zero attached hydrogens (tertiary/aromatic N) is 1. The van der Waals surface area contributed by atoms with Crippen LogP contribution >= 0.6 is 11.6 Å². The van der Waals surface area contributed by atoms with Gasteiger partial charge in [0.1, 0.15) is 5.60 Å². The molecule has 0 unspecified atom stereocenters. The molecule has 1 aromatic carbocycles. The number of aliphatic hydroxyl groups is 1. The molecule has 19 heavy (non-hydrogen) atoms. The standard InChI is InChI=1S/C14H16ClNO3/c1-14(2,3)19-13(18)16-10(8-17)7-9-5-4-6-11(15)12(9)16/h4-7,17H,8H2,1-3H3. The van der Waals surface area contributed by atoms with Crippen LogP contribution in [0, 0.1) is 0 Å². The van der Waals surface area contributed by atoms with E-state index in [4.69, 9.17) is 16.3 Å². The number of benzene rings is 1. The van der Waals surface area contributed by atoms with E-state index in [2.05, 4.69) is 0 Å². The average molecular weight is 282 g/mol. The zero-order valence-corrected chi connectivity index (χ0v) is 11.9. The SMILES string of the molecule is CC(C)(C)OC(=O)n1c(CO)cc2cccc(Cl)c21. The highest BCUT2D eigenvalue weighted by molar-refractivity contribution is 6.35. The monoisotopic (exact) mass is 281 g/mol. The van der Waals surface area contributed by atoms with Crippen molar-refractivity contribution in [2.24, 2.45) is 0 Å². The summed E-state index contributed by atoms with van der Waals surface area (Å²) in [4.78, 5) is 12.2. The number of hydrogen-bond acceptors (Lipinski definition) is 3. The van der Waals surface area contributed by atoms with Crippen LogP contribution in [-0.2, 0) is 11.3 Å². The summed E-state index contributed by atoms with van der Waals surface area (Å²) in [6.07, 6.45) is -0.542.